The third-order valence-electron chi connectivity index (χ3n) is 5.69. The van der Waals surface area contributed by atoms with Gasteiger partial charge in [0.2, 0.25) is 0 Å². The summed E-state index contributed by atoms with van der Waals surface area (Å²) in [6.45, 7) is 2.34. The molecule has 9 heteroatoms. The summed E-state index contributed by atoms with van der Waals surface area (Å²) < 4.78 is 53.9. The average molecular weight is 479 g/mol. The quantitative estimate of drug-likeness (QED) is 0.374. The molecule has 0 bridgehead atoms. The van der Waals surface area contributed by atoms with Crippen LogP contribution >= 0.6 is 0 Å². The molecule has 2 heterocycles. The second kappa shape index (κ2) is 9.71. The van der Waals surface area contributed by atoms with Crippen molar-refractivity contribution in [2.75, 3.05) is 31.2 Å². The van der Waals surface area contributed by atoms with Gasteiger partial charge in [0.15, 0.2) is 17.3 Å². The summed E-state index contributed by atoms with van der Waals surface area (Å²) in [7, 11) is 0. The van der Waals surface area contributed by atoms with Gasteiger partial charge in [-0.25, -0.2) is 18.2 Å². The van der Waals surface area contributed by atoms with Gasteiger partial charge in [-0.15, -0.1) is 0 Å². The lowest BCUT2D eigenvalue weighted by atomic mass is 10.0. The van der Waals surface area contributed by atoms with Crippen LogP contribution in [0.1, 0.15) is 21.5 Å². The Bertz CT molecular complexity index is 1410. The molecule has 1 aromatic heterocycles. The molecule has 5 rings (SSSR count). The molecule has 0 amide bonds. The normalized spacial score (nSPS) is 13.7. The van der Waals surface area contributed by atoms with E-state index in [4.69, 9.17) is 9.47 Å². The number of anilines is 1. The first-order valence-electron chi connectivity index (χ1n) is 11.0. The minimum atomic E-state index is -1.13. The monoisotopic (exact) mass is 479 g/mol. The Labute approximate surface area is 198 Å². The molecule has 1 aliphatic rings. The topological polar surface area (TPSA) is 64.6 Å². The first kappa shape index (κ1) is 22.8. The van der Waals surface area contributed by atoms with Crippen molar-refractivity contribution in [1.82, 2.24) is 9.97 Å². The number of ketones is 1. The van der Waals surface area contributed by atoms with Gasteiger partial charge < -0.3 is 14.4 Å². The molecule has 0 saturated carbocycles. The maximum atomic E-state index is 15.2. The van der Waals surface area contributed by atoms with Crippen LogP contribution < -0.4 is 9.64 Å². The smallest absolute Gasteiger partial charge is 0.199 e. The van der Waals surface area contributed by atoms with Crippen molar-refractivity contribution in [1.29, 1.82) is 0 Å². The predicted molar refractivity (Wildman–Crippen MR) is 123 cm³/mol. The number of rotatable bonds is 6. The second-order valence-corrected chi connectivity index (χ2v) is 8.01. The van der Waals surface area contributed by atoms with Gasteiger partial charge in [-0.2, -0.15) is 0 Å². The highest BCUT2D eigenvalue weighted by molar-refractivity contribution is 6.10. The first-order valence-corrected chi connectivity index (χ1v) is 11.0. The lowest BCUT2D eigenvalue weighted by Gasteiger charge is -2.27. The van der Waals surface area contributed by atoms with Crippen molar-refractivity contribution in [3.63, 3.8) is 0 Å². The largest absolute Gasteiger partial charge is 0.486 e. The van der Waals surface area contributed by atoms with Crippen molar-refractivity contribution in [2.24, 2.45) is 0 Å². The molecule has 4 aromatic rings. The van der Waals surface area contributed by atoms with Crippen LogP contribution in [0.4, 0.5) is 19.0 Å². The van der Waals surface area contributed by atoms with Crippen LogP contribution in [-0.2, 0) is 11.3 Å². The van der Waals surface area contributed by atoms with Crippen LogP contribution in [0.2, 0.25) is 0 Å². The number of hydrogen-bond acceptors (Lipinski definition) is 6. The highest BCUT2D eigenvalue weighted by Gasteiger charge is 2.23. The van der Waals surface area contributed by atoms with E-state index < -0.39 is 28.8 Å². The summed E-state index contributed by atoms with van der Waals surface area (Å²) in [4.78, 5) is 24.1. The molecule has 6 nitrogen and oxygen atoms in total. The van der Waals surface area contributed by atoms with Crippen LogP contribution in [0, 0.1) is 17.5 Å². The zero-order valence-corrected chi connectivity index (χ0v) is 18.5. The fourth-order valence-electron chi connectivity index (χ4n) is 3.87. The Morgan fingerprint density at radius 2 is 1.83 bits per heavy atom. The van der Waals surface area contributed by atoms with Gasteiger partial charge in [-0.05, 0) is 48.0 Å². The van der Waals surface area contributed by atoms with Crippen molar-refractivity contribution >= 4 is 22.6 Å². The molecular weight excluding hydrogens is 459 g/mol. The second-order valence-electron chi connectivity index (χ2n) is 8.01. The maximum Gasteiger partial charge on any atom is 0.199 e. The lowest BCUT2D eigenvalue weighted by Crippen LogP contribution is -2.36. The van der Waals surface area contributed by atoms with Crippen molar-refractivity contribution in [3.8, 4) is 5.75 Å². The van der Waals surface area contributed by atoms with Crippen molar-refractivity contribution in [3.05, 3.63) is 94.9 Å². The van der Waals surface area contributed by atoms with Gasteiger partial charge in [0.05, 0.1) is 36.0 Å². The number of benzene rings is 3. The number of carbonyl (C=O) groups is 1. The molecule has 178 valence electrons. The van der Waals surface area contributed by atoms with Crippen LogP contribution in [0.5, 0.6) is 5.75 Å². The number of hydrogen-bond donors (Lipinski definition) is 0. The van der Waals surface area contributed by atoms with E-state index in [0.29, 0.717) is 48.7 Å². The SMILES string of the molecule is O=C(c1ccc2ncc(N3CCOCC3)nc2c1)c1c(F)ccc(OCc2cccc(F)c2)c1F. The number of fused-ring (bicyclic) bond motifs is 1. The van der Waals surface area contributed by atoms with Crippen LogP contribution in [0.3, 0.4) is 0 Å². The highest BCUT2D eigenvalue weighted by atomic mass is 19.1. The maximum absolute atomic E-state index is 15.2. The summed E-state index contributed by atoms with van der Waals surface area (Å²) in [5, 5.41) is 0. The predicted octanol–water partition coefficient (Wildman–Crippen LogP) is 4.69. The molecular formula is C26H20F3N3O3. The summed E-state index contributed by atoms with van der Waals surface area (Å²) >= 11 is 0. The van der Waals surface area contributed by atoms with E-state index in [-0.39, 0.29) is 17.9 Å². The third-order valence-corrected chi connectivity index (χ3v) is 5.69. The molecule has 0 radical (unpaired) electrons. The number of morpholine rings is 1. The van der Waals surface area contributed by atoms with Crippen molar-refractivity contribution < 1.29 is 27.4 Å². The van der Waals surface area contributed by atoms with Crippen LogP contribution in [0.15, 0.2) is 60.8 Å². The summed E-state index contributed by atoms with van der Waals surface area (Å²) in [6.07, 6.45) is 1.65. The van der Waals surface area contributed by atoms with Gasteiger partial charge >= 0.3 is 0 Å². The minimum Gasteiger partial charge on any atom is -0.486 e. The zero-order chi connectivity index (χ0) is 24.4. The molecule has 35 heavy (non-hydrogen) atoms. The van der Waals surface area contributed by atoms with E-state index in [1.165, 1.54) is 30.3 Å². The Morgan fingerprint density at radius 1 is 1.00 bits per heavy atom. The van der Waals surface area contributed by atoms with E-state index in [1.54, 1.807) is 18.3 Å². The zero-order valence-electron chi connectivity index (χ0n) is 18.5. The molecule has 0 aliphatic carbocycles. The first-order chi connectivity index (χ1) is 17.0. The number of carbonyl (C=O) groups excluding carboxylic acids is 1. The summed E-state index contributed by atoms with van der Waals surface area (Å²) in [5.41, 5.74) is 0.765. The molecule has 0 N–H and O–H groups in total. The molecule has 1 aliphatic heterocycles. The molecule has 0 unspecified atom stereocenters. The molecule has 3 aromatic carbocycles. The van der Waals surface area contributed by atoms with Crippen molar-refractivity contribution in [2.45, 2.75) is 6.61 Å². The van der Waals surface area contributed by atoms with Gasteiger partial charge in [0.25, 0.3) is 0 Å². The van der Waals surface area contributed by atoms with E-state index in [1.807, 2.05) is 4.90 Å². The fourth-order valence-corrected chi connectivity index (χ4v) is 3.87. The number of aromatic nitrogens is 2. The lowest BCUT2D eigenvalue weighted by molar-refractivity contribution is 0.103. The van der Waals surface area contributed by atoms with Gasteiger partial charge in [0.1, 0.15) is 24.1 Å². The van der Waals surface area contributed by atoms with E-state index in [2.05, 4.69) is 9.97 Å². The van der Waals surface area contributed by atoms with Crippen LogP contribution in [-0.4, -0.2) is 42.1 Å². The molecule has 1 fully saturated rings. The average Bonchev–Trinajstić information content (AvgIpc) is 2.88. The Kier molecular flexibility index (Phi) is 6.33. The third kappa shape index (κ3) is 4.81. The minimum absolute atomic E-state index is 0.0611. The van der Waals surface area contributed by atoms with Gasteiger partial charge in [-0.3, -0.25) is 9.78 Å². The molecule has 0 spiro atoms. The highest BCUT2D eigenvalue weighted by Crippen LogP contribution is 2.27. The summed E-state index contributed by atoms with van der Waals surface area (Å²) in [5.74, 6) is -3.13. The number of nitrogens with zero attached hydrogens (tertiary/aromatic N) is 3. The molecule has 0 atom stereocenters. The van der Waals surface area contributed by atoms with E-state index in [0.717, 1.165) is 12.1 Å². The number of halogens is 3. The van der Waals surface area contributed by atoms with E-state index >= 15 is 4.39 Å². The Morgan fingerprint density at radius 3 is 2.63 bits per heavy atom. The Hall–Kier alpha value is -3.98. The number of ether oxygens (including phenoxy) is 2. The fraction of sp³-hybridized carbons (Fsp3) is 0.192. The summed E-state index contributed by atoms with van der Waals surface area (Å²) in [6, 6.07) is 12.2. The van der Waals surface area contributed by atoms with Gasteiger partial charge in [0, 0.05) is 18.7 Å². The standard InChI is InChI=1S/C26H20F3N3O3/c27-18-3-1-2-16(12-18)15-35-22-7-5-19(28)24(25(22)29)26(33)17-4-6-20-21(13-17)31-23(14-30-20)32-8-10-34-11-9-32/h1-7,12-14H,8-11,15H2. The van der Waals surface area contributed by atoms with Crippen LogP contribution in [0.25, 0.3) is 11.0 Å². The molecule has 1 saturated heterocycles. The van der Waals surface area contributed by atoms with E-state index in [9.17, 15) is 13.6 Å². The Balaban J connectivity index is 1.43. The van der Waals surface area contributed by atoms with Gasteiger partial charge in [-0.1, -0.05) is 12.1 Å².